The molecular weight excluding hydrogens is 273 g/mol. The lowest BCUT2D eigenvalue weighted by atomic mass is 10.0. The fourth-order valence-electron chi connectivity index (χ4n) is 1.95. The van der Waals surface area contributed by atoms with Crippen molar-refractivity contribution in [2.45, 2.75) is 19.3 Å². The number of amidine groups is 1. The van der Waals surface area contributed by atoms with Gasteiger partial charge in [0.05, 0.1) is 15.7 Å². The van der Waals surface area contributed by atoms with E-state index in [-0.39, 0.29) is 11.3 Å². The number of nitrogens with zero attached hydrogens (tertiary/aromatic N) is 1. The van der Waals surface area contributed by atoms with Crippen LogP contribution in [-0.2, 0) is 0 Å². The van der Waals surface area contributed by atoms with E-state index in [1.165, 1.54) is 0 Å². The lowest BCUT2D eigenvalue weighted by Crippen LogP contribution is -2.23. The van der Waals surface area contributed by atoms with Crippen LogP contribution in [0.2, 0.25) is 10.0 Å². The normalized spacial score (nSPS) is 17.6. The van der Waals surface area contributed by atoms with Crippen molar-refractivity contribution in [3.05, 3.63) is 28.2 Å². The molecule has 18 heavy (non-hydrogen) atoms. The van der Waals surface area contributed by atoms with Crippen LogP contribution < -0.4 is 11.1 Å². The highest BCUT2D eigenvalue weighted by atomic mass is 35.5. The second-order valence-corrected chi connectivity index (χ2v) is 5.53. The van der Waals surface area contributed by atoms with Crippen molar-refractivity contribution in [1.29, 1.82) is 0 Å². The lowest BCUT2D eigenvalue weighted by Gasteiger charge is -2.17. The van der Waals surface area contributed by atoms with E-state index in [1.807, 2.05) is 0 Å². The van der Waals surface area contributed by atoms with Gasteiger partial charge in [0, 0.05) is 13.0 Å². The van der Waals surface area contributed by atoms with Crippen molar-refractivity contribution in [3.8, 4) is 0 Å². The molecule has 0 spiro atoms. The molecule has 0 heterocycles. The molecule has 0 bridgehead atoms. The fourth-order valence-corrected chi connectivity index (χ4v) is 2.49. The Kier molecular flexibility index (Phi) is 3.88. The van der Waals surface area contributed by atoms with Gasteiger partial charge in [-0.15, -0.1) is 0 Å². The number of hydrogen-bond donors (Lipinski definition) is 3. The second kappa shape index (κ2) is 5.24. The lowest BCUT2D eigenvalue weighted by molar-refractivity contribution is 0.315. The van der Waals surface area contributed by atoms with Crippen molar-refractivity contribution < 1.29 is 5.21 Å². The third kappa shape index (κ3) is 3.00. The summed E-state index contributed by atoms with van der Waals surface area (Å²) in [6.07, 6.45) is 2.69. The SMILES string of the molecule is NC(CC1(CNc2c(Cl)cccc2Cl)CC1)=NO. The van der Waals surface area contributed by atoms with Gasteiger partial charge in [0.1, 0.15) is 5.84 Å². The molecule has 1 fully saturated rings. The van der Waals surface area contributed by atoms with Crippen LogP contribution in [0.25, 0.3) is 0 Å². The van der Waals surface area contributed by atoms with Crippen LogP contribution in [0.4, 0.5) is 5.69 Å². The van der Waals surface area contributed by atoms with Crippen molar-refractivity contribution in [2.75, 3.05) is 11.9 Å². The summed E-state index contributed by atoms with van der Waals surface area (Å²) >= 11 is 12.2. The molecule has 0 aromatic heterocycles. The van der Waals surface area contributed by atoms with E-state index < -0.39 is 0 Å². The van der Waals surface area contributed by atoms with Gasteiger partial charge < -0.3 is 16.3 Å². The maximum absolute atomic E-state index is 8.60. The van der Waals surface area contributed by atoms with E-state index >= 15 is 0 Å². The molecule has 1 aromatic carbocycles. The van der Waals surface area contributed by atoms with Gasteiger partial charge >= 0.3 is 0 Å². The van der Waals surface area contributed by atoms with Gasteiger partial charge in [-0.25, -0.2) is 0 Å². The zero-order valence-electron chi connectivity index (χ0n) is 9.79. The van der Waals surface area contributed by atoms with Crippen LogP contribution in [-0.4, -0.2) is 17.6 Å². The number of nitrogens with one attached hydrogen (secondary N) is 1. The molecule has 0 amide bonds. The molecule has 0 saturated heterocycles. The van der Waals surface area contributed by atoms with Gasteiger partial charge in [-0.2, -0.15) is 0 Å². The standard InChI is InChI=1S/C12H15Cl2N3O/c13-8-2-1-3-9(14)11(8)16-7-12(4-5-12)6-10(15)17-18/h1-3,16,18H,4-7H2,(H2,15,17). The predicted octanol–water partition coefficient (Wildman–Crippen LogP) is 3.32. The zero-order chi connectivity index (χ0) is 13.2. The third-order valence-corrected chi connectivity index (χ3v) is 3.87. The van der Waals surface area contributed by atoms with Crippen molar-refractivity contribution in [1.82, 2.24) is 0 Å². The first-order chi connectivity index (χ1) is 8.56. The molecule has 2 rings (SSSR count). The maximum Gasteiger partial charge on any atom is 0.139 e. The second-order valence-electron chi connectivity index (χ2n) is 4.72. The van der Waals surface area contributed by atoms with E-state index in [4.69, 9.17) is 34.1 Å². The highest BCUT2D eigenvalue weighted by Gasteiger charge is 2.43. The van der Waals surface area contributed by atoms with E-state index in [2.05, 4.69) is 10.5 Å². The number of halogens is 2. The molecule has 6 heteroatoms. The average molecular weight is 288 g/mol. The first kappa shape index (κ1) is 13.3. The molecule has 0 radical (unpaired) electrons. The Hall–Kier alpha value is -1.13. The molecule has 1 aromatic rings. The van der Waals surface area contributed by atoms with Gasteiger partial charge in [-0.3, -0.25) is 0 Å². The molecule has 1 aliphatic rings. The van der Waals surface area contributed by atoms with Gasteiger partial charge in [-0.05, 0) is 30.4 Å². The molecular formula is C12H15Cl2N3O. The third-order valence-electron chi connectivity index (χ3n) is 3.24. The van der Waals surface area contributed by atoms with E-state index in [0.29, 0.717) is 23.0 Å². The first-order valence-electron chi connectivity index (χ1n) is 5.71. The van der Waals surface area contributed by atoms with Crippen LogP contribution in [0.15, 0.2) is 23.4 Å². The van der Waals surface area contributed by atoms with Gasteiger partial charge in [0.15, 0.2) is 0 Å². The monoisotopic (exact) mass is 287 g/mol. The molecule has 0 unspecified atom stereocenters. The molecule has 1 aliphatic carbocycles. The van der Waals surface area contributed by atoms with E-state index in [0.717, 1.165) is 18.5 Å². The van der Waals surface area contributed by atoms with Crippen LogP contribution >= 0.6 is 23.2 Å². The molecule has 98 valence electrons. The maximum atomic E-state index is 8.60. The number of nitrogens with two attached hydrogens (primary N) is 1. The van der Waals surface area contributed by atoms with Crippen LogP contribution in [0, 0.1) is 5.41 Å². The van der Waals surface area contributed by atoms with Gasteiger partial charge in [-0.1, -0.05) is 34.4 Å². The van der Waals surface area contributed by atoms with Crippen molar-refractivity contribution in [3.63, 3.8) is 0 Å². The summed E-state index contributed by atoms with van der Waals surface area (Å²) in [5.41, 5.74) is 6.36. The van der Waals surface area contributed by atoms with Crippen LogP contribution in [0.1, 0.15) is 19.3 Å². The molecule has 0 atom stereocenters. The van der Waals surface area contributed by atoms with Crippen molar-refractivity contribution in [2.24, 2.45) is 16.3 Å². The minimum Gasteiger partial charge on any atom is -0.409 e. The molecule has 1 saturated carbocycles. The van der Waals surface area contributed by atoms with Gasteiger partial charge in [0.2, 0.25) is 0 Å². The predicted molar refractivity (Wildman–Crippen MR) is 74.6 cm³/mol. The summed E-state index contributed by atoms with van der Waals surface area (Å²) in [5, 5.41) is 16.1. The molecule has 4 nitrogen and oxygen atoms in total. The number of anilines is 1. The molecule has 4 N–H and O–H groups in total. The number of oxime groups is 1. The Bertz CT molecular complexity index is 452. The summed E-state index contributed by atoms with van der Waals surface area (Å²) in [5.74, 6) is 0.263. The quantitative estimate of drug-likeness (QED) is 0.337. The number of hydrogen-bond acceptors (Lipinski definition) is 3. The molecule has 0 aliphatic heterocycles. The fraction of sp³-hybridized carbons (Fsp3) is 0.417. The summed E-state index contributed by atoms with van der Waals surface area (Å²) in [6.45, 7) is 0.715. The van der Waals surface area contributed by atoms with Crippen LogP contribution in [0.3, 0.4) is 0 Å². The Balaban J connectivity index is 2.00. The summed E-state index contributed by atoms with van der Waals surface area (Å²) in [6, 6.07) is 5.39. The summed E-state index contributed by atoms with van der Waals surface area (Å²) < 4.78 is 0. The van der Waals surface area contributed by atoms with Crippen LogP contribution in [0.5, 0.6) is 0 Å². The number of benzene rings is 1. The largest absolute Gasteiger partial charge is 0.409 e. The van der Waals surface area contributed by atoms with E-state index in [9.17, 15) is 0 Å². The first-order valence-corrected chi connectivity index (χ1v) is 6.46. The zero-order valence-corrected chi connectivity index (χ0v) is 11.3. The Morgan fingerprint density at radius 1 is 1.39 bits per heavy atom. The topological polar surface area (TPSA) is 70.6 Å². The Morgan fingerprint density at radius 3 is 2.50 bits per heavy atom. The Labute approximate surface area is 116 Å². The number of rotatable bonds is 5. The minimum absolute atomic E-state index is 0.0683. The van der Waals surface area contributed by atoms with Gasteiger partial charge in [0.25, 0.3) is 0 Å². The summed E-state index contributed by atoms with van der Waals surface area (Å²) in [4.78, 5) is 0. The minimum atomic E-state index is 0.0683. The van der Waals surface area contributed by atoms with Crippen molar-refractivity contribution >= 4 is 34.7 Å². The van der Waals surface area contributed by atoms with E-state index in [1.54, 1.807) is 18.2 Å². The smallest absolute Gasteiger partial charge is 0.139 e. The summed E-state index contributed by atoms with van der Waals surface area (Å²) in [7, 11) is 0. The Morgan fingerprint density at radius 2 is 2.00 bits per heavy atom. The number of para-hydroxylation sites is 1. The average Bonchev–Trinajstić information content (AvgIpc) is 3.08. The highest BCUT2D eigenvalue weighted by Crippen LogP contribution is 2.49. The highest BCUT2D eigenvalue weighted by molar-refractivity contribution is 6.39.